The maximum Gasteiger partial charge on any atom is 0.336 e. The van der Waals surface area contributed by atoms with Gasteiger partial charge in [-0.05, 0) is 68.2 Å². The summed E-state index contributed by atoms with van der Waals surface area (Å²) in [6, 6.07) is 9.07. The van der Waals surface area contributed by atoms with Crippen LogP contribution in [-0.4, -0.2) is 41.1 Å². The van der Waals surface area contributed by atoms with Gasteiger partial charge in [0.25, 0.3) is 0 Å². The van der Waals surface area contributed by atoms with Crippen LogP contribution in [0.25, 0.3) is 6.08 Å². The number of esters is 1. The zero-order valence-electron chi connectivity index (χ0n) is 22.8. The molecule has 1 aliphatic rings. The van der Waals surface area contributed by atoms with Crippen LogP contribution in [0.2, 0.25) is 0 Å². The van der Waals surface area contributed by atoms with Gasteiger partial charge in [-0.1, -0.05) is 85.7 Å². The molecule has 1 aromatic rings. The Balaban J connectivity index is 2.15. The molecular weight excluding hydrogens is 464 g/mol. The third kappa shape index (κ3) is 8.81. The van der Waals surface area contributed by atoms with Crippen LogP contribution in [0.1, 0.15) is 59.4 Å². The number of aliphatic hydroxyl groups excluding tert-OH is 3. The second-order valence-electron chi connectivity index (χ2n) is 10.5. The van der Waals surface area contributed by atoms with Crippen molar-refractivity contribution in [3.05, 3.63) is 100 Å². The van der Waals surface area contributed by atoms with Crippen LogP contribution < -0.4 is 0 Å². The van der Waals surface area contributed by atoms with Crippen LogP contribution in [-0.2, 0) is 9.53 Å². The number of carbonyl (C=O) groups is 1. The first kappa shape index (κ1) is 30.2. The lowest BCUT2D eigenvalue weighted by Crippen LogP contribution is -2.37. The summed E-state index contributed by atoms with van der Waals surface area (Å²) in [5, 5.41) is 29.6. The Morgan fingerprint density at radius 3 is 2.27 bits per heavy atom. The first-order valence-corrected chi connectivity index (χ1v) is 12.8. The molecular formula is C32H42O5. The molecule has 3 N–H and O–H groups in total. The van der Waals surface area contributed by atoms with Crippen molar-refractivity contribution in [2.45, 2.75) is 53.9 Å². The van der Waals surface area contributed by atoms with Crippen LogP contribution in [0.5, 0.6) is 0 Å². The fourth-order valence-corrected chi connectivity index (χ4v) is 4.38. The highest BCUT2D eigenvalue weighted by Gasteiger charge is 2.36. The highest BCUT2D eigenvalue weighted by molar-refractivity contribution is 5.84. The number of rotatable bonds is 11. The average Bonchev–Trinajstić information content (AvgIpc) is 2.85. The number of allylic oxidation sites excluding steroid dienone is 9. The summed E-state index contributed by atoms with van der Waals surface area (Å²) in [4.78, 5) is 12.7. The second kappa shape index (κ2) is 14.1. The van der Waals surface area contributed by atoms with Gasteiger partial charge in [-0.15, -0.1) is 0 Å². The molecule has 200 valence electrons. The van der Waals surface area contributed by atoms with Gasteiger partial charge in [0.1, 0.15) is 5.76 Å². The fraction of sp³-hybridized carbons (Fsp3) is 0.406. The van der Waals surface area contributed by atoms with E-state index in [2.05, 4.69) is 32.9 Å². The standard InChI is InChI=1S/C32H42O5/c1-24(16-17-28-26(3)13-10-18-31(28,4)5)11-9-12-25(2)19-30(36)37-29(32(21-33,22-34)23-35)20-27-14-7-6-8-15-27/h6-9,11-12,14-17,19-20,33-35H,10,13,18,21-23H2,1-5H3. The molecule has 2 rings (SSSR count). The Kier molecular flexibility index (Phi) is 11.5. The maximum absolute atomic E-state index is 12.7. The largest absolute Gasteiger partial charge is 0.427 e. The van der Waals surface area contributed by atoms with Gasteiger partial charge in [-0.2, -0.15) is 0 Å². The summed E-state index contributed by atoms with van der Waals surface area (Å²) in [5.74, 6) is -0.660. The topological polar surface area (TPSA) is 87.0 Å². The van der Waals surface area contributed by atoms with Crippen molar-refractivity contribution in [3.8, 4) is 0 Å². The lowest BCUT2D eigenvalue weighted by molar-refractivity contribution is -0.137. The molecule has 5 heteroatoms. The molecule has 0 aliphatic heterocycles. The minimum Gasteiger partial charge on any atom is -0.427 e. The third-order valence-corrected chi connectivity index (χ3v) is 6.86. The molecule has 0 unspecified atom stereocenters. The molecule has 37 heavy (non-hydrogen) atoms. The van der Waals surface area contributed by atoms with Crippen molar-refractivity contribution >= 4 is 12.0 Å². The Labute approximate surface area is 221 Å². The van der Waals surface area contributed by atoms with Gasteiger partial charge in [0.15, 0.2) is 0 Å². The van der Waals surface area contributed by atoms with Crippen LogP contribution in [0.3, 0.4) is 0 Å². The van der Waals surface area contributed by atoms with Crippen LogP contribution in [0.4, 0.5) is 0 Å². The summed E-state index contributed by atoms with van der Waals surface area (Å²) in [5.41, 5.74) is 4.06. The van der Waals surface area contributed by atoms with E-state index < -0.39 is 31.2 Å². The SMILES string of the molecule is CC(C=CC1=C(C)CCCC1(C)C)=CC=CC(C)=CC(=O)OC(=Cc1ccccc1)C(CO)(CO)CO. The van der Waals surface area contributed by atoms with Crippen molar-refractivity contribution in [1.29, 1.82) is 0 Å². The molecule has 0 saturated heterocycles. The predicted octanol–water partition coefficient (Wildman–Crippen LogP) is 6.07. The summed E-state index contributed by atoms with van der Waals surface area (Å²) in [7, 11) is 0. The lowest BCUT2D eigenvalue weighted by Gasteiger charge is -2.32. The minimum absolute atomic E-state index is 0.000317. The molecule has 0 atom stereocenters. The zero-order valence-corrected chi connectivity index (χ0v) is 22.8. The summed E-state index contributed by atoms with van der Waals surface area (Å²) in [6.07, 6.45) is 16.5. The molecule has 0 bridgehead atoms. The van der Waals surface area contributed by atoms with E-state index >= 15 is 0 Å². The molecule has 0 saturated carbocycles. The Bertz CT molecular complexity index is 1080. The van der Waals surface area contributed by atoms with E-state index in [9.17, 15) is 20.1 Å². The Hall–Kier alpha value is -2.99. The first-order valence-electron chi connectivity index (χ1n) is 12.8. The predicted molar refractivity (Wildman–Crippen MR) is 150 cm³/mol. The first-order chi connectivity index (χ1) is 17.6. The van der Waals surface area contributed by atoms with Gasteiger partial charge in [0.05, 0.1) is 25.2 Å². The van der Waals surface area contributed by atoms with E-state index in [1.807, 2.05) is 43.4 Å². The van der Waals surface area contributed by atoms with E-state index in [1.165, 1.54) is 30.1 Å². The minimum atomic E-state index is -1.49. The molecule has 0 heterocycles. The molecule has 0 fully saturated rings. The van der Waals surface area contributed by atoms with Crippen molar-refractivity contribution in [1.82, 2.24) is 0 Å². The lowest BCUT2D eigenvalue weighted by atomic mass is 9.72. The smallest absolute Gasteiger partial charge is 0.336 e. The van der Waals surface area contributed by atoms with Crippen molar-refractivity contribution in [2.24, 2.45) is 10.8 Å². The Morgan fingerprint density at radius 1 is 1.03 bits per heavy atom. The van der Waals surface area contributed by atoms with Gasteiger partial charge in [-0.3, -0.25) is 0 Å². The summed E-state index contributed by atoms with van der Waals surface area (Å²) >= 11 is 0. The highest BCUT2D eigenvalue weighted by Crippen LogP contribution is 2.40. The number of aliphatic hydroxyl groups is 3. The number of benzene rings is 1. The Morgan fingerprint density at radius 2 is 1.68 bits per heavy atom. The van der Waals surface area contributed by atoms with Gasteiger partial charge < -0.3 is 20.1 Å². The molecule has 0 amide bonds. The number of carbonyl (C=O) groups excluding carboxylic acids is 1. The van der Waals surface area contributed by atoms with E-state index in [4.69, 9.17) is 4.74 Å². The molecule has 5 nitrogen and oxygen atoms in total. The van der Waals surface area contributed by atoms with Gasteiger partial charge in [0, 0.05) is 6.08 Å². The maximum atomic E-state index is 12.7. The molecule has 0 spiro atoms. The molecule has 1 aliphatic carbocycles. The second-order valence-corrected chi connectivity index (χ2v) is 10.5. The molecule has 0 radical (unpaired) electrons. The third-order valence-electron chi connectivity index (χ3n) is 6.86. The highest BCUT2D eigenvalue weighted by atomic mass is 16.5. The van der Waals surface area contributed by atoms with E-state index in [0.29, 0.717) is 11.1 Å². The van der Waals surface area contributed by atoms with Crippen LogP contribution >= 0.6 is 0 Å². The zero-order chi connectivity index (χ0) is 27.5. The van der Waals surface area contributed by atoms with E-state index in [0.717, 1.165) is 12.0 Å². The van der Waals surface area contributed by atoms with Crippen LogP contribution in [0, 0.1) is 10.8 Å². The summed E-state index contributed by atoms with van der Waals surface area (Å²) in [6.45, 7) is 8.89. The van der Waals surface area contributed by atoms with Crippen molar-refractivity contribution < 1.29 is 24.9 Å². The molecule has 0 aromatic heterocycles. The van der Waals surface area contributed by atoms with E-state index in [-0.39, 0.29) is 11.2 Å². The van der Waals surface area contributed by atoms with Gasteiger partial charge in [0.2, 0.25) is 0 Å². The van der Waals surface area contributed by atoms with Gasteiger partial charge in [-0.25, -0.2) is 4.79 Å². The average molecular weight is 507 g/mol. The van der Waals surface area contributed by atoms with E-state index in [1.54, 1.807) is 25.1 Å². The number of hydrogen-bond acceptors (Lipinski definition) is 5. The van der Waals surface area contributed by atoms with Crippen molar-refractivity contribution in [3.63, 3.8) is 0 Å². The monoisotopic (exact) mass is 506 g/mol. The molecule has 1 aromatic carbocycles. The quantitative estimate of drug-likeness (QED) is 0.147. The van der Waals surface area contributed by atoms with Gasteiger partial charge >= 0.3 is 5.97 Å². The van der Waals surface area contributed by atoms with Crippen LogP contribution in [0.15, 0.2) is 94.8 Å². The van der Waals surface area contributed by atoms with Crippen molar-refractivity contribution in [2.75, 3.05) is 19.8 Å². The summed E-state index contributed by atoms with van der Waals surface area (Å²) < 4.78 is 5.53. The number of ether oxygens (including phenoxy) is 1. The number of hydrogen-bond donors (Lipinski definition) is 3. The normalized spacial score (nSPS) is 17.7. The fourth-order valence-electron chi connectivity index (χ4n) is 4.38.